The van der Waals surface area contributed by atoms with Crippen LogP contribution in [-0.2, 0) is 9.59 Å². The van der Waals surface area contributed by atoms with Crippen LogP contribution in [-0.4, -0.2) is 42.5 Å². The van der Waals surface area contributed by atoms with Crippen molar-refractivity contribution < 1.29 is 14.0 Å². The molecule has 2 unspecified atom stereocenters. The molecule has 0 spiro atoms. The zero-order chi connectivity index (χ0) is 16.5. The van der Waals surface area contributed by atoms with Crippen molar-refractivity contribution in [3.05, 3.63) is 30.1 Å². The van der Waals surface area contributed by atoms with Crippen LogP contribution >= 0.6 is 24.2 Å². The largest absolute Gasteiger partial charge is 0.354 e. The first-order valence-electron chi connectivity index (χ1n) is 7.04. The summed E-state index contributed by atoms with van der Waals surface area (Å²) in [6.07, 6.45) is 0. The summed E-state index contributed by atoms with van der Waals surface area (Å²) in [5, 5.41) is 8.18. The fraction of sp³-hybridized carbons (Fsp3) is 0.467. The van der Waals surface area contributed by atoms with Gasteiger partial charge in [0, 0.05) is 18.3 Å². The van der Waals surface area contributed by atoms with Gasteiger partial charge in [0.25, 0.3) is 0 Å². The van der Waals surface area contributed by atoms with Crippen molar-refractivity contribution in [2.75, 3.05) is 24.7 Å². The third kappa shape index (κ3) is 8.78. The molecule has 0 aliphatic rings. The van der Waals surface area contributed by atoms with E-state index in [0.29, 0.717) is 12.2 Å². The second-order valence-electron chi connectivity index (χ2n) is 4.94. The normalized spacial score (nSPS) is 12.7. The summed E-state index contributed by atoms with van der Waals surface area (Å²) in [6.45, 7) is 4.27. The number of thioether (sulfide) groups is 1. The molecule has 5 nitrogen and oxygen atoms in total. The molecule has 1 aromatic rings. The Morgan fingerprint density at radius 3 is 2.39 bits per heavy atom. The fourth-order valence-corrected chi connectivity index (χ4v) is 2.21. The van der Waals surface area contributed by atoms with Crippen molar-refractivity contribution in [2.45, 2.75) is 25.1 Å². The average Bonchev–Trinajstić information content (AvgIpc) is 2.52. The van der Waals surface area contributed by atoms with Gasteiger partial charge in [-0.25, -0.2) is 4.39 Å². The third-order valence-electron chi connectivity index (χ3n) is 3.04. The van der Waals surface area contributed by atoms with Crippen LogP contribution in [0.1, 0.15) is 13.8 Å². The summed E-state index contributed by atoms with van der Waals surface area (Å²) in [4.78, 5) is 23.6. The molecule has 0 radical (unpaired) electrons. The Labute approximate surface area is 146 Å². The van der Waals surface area contributed by atoms with Gasteiger partial charge in [-0.05, 0) is 45.2 Å². The molecule has 0 aliphatic heterocycles. The number of hydrogen-bond acceptors (Lipinski definition) is 4. The minimum atomic E-state index is -0.353. The lowest BCUT2D eigenvalue weighted by Gasteiger charge is -2.15. The Hall–Kier alpha value is -1.31. The van der Waals surface area contributed by atoms with Gasteiger partial charge in [-0.3, -0.25) is 9.59 Å². The van der Waals surface area contributed by atoms with E-state index in [-0.39, 0.29) is 47.1 Å². The molecule has 1 aromatic carbocycles. The number of rotatable bonds is 8. The zero-order valence-electron chi connectivity index (χ0n) is 13.4. The van der Waals surface area contributed by atoms with E-state index in [1.807, 2.05) is 14.0 Å². The van der Waals surface area contributed by atoms with Gasteiger partial charge in [-0.15, -0.1) is 24.2 Å². The number of carbonyl (C=O) groups is 2. The summed E-state index contributed by atoms with van der Waals surface area (Å²) in [6, 6.07) is 5.74. The highest BCUT2D eigenvalue weighted by molar-refractivity contribution is 8.01. The Kier molecular flexibility index (Phi) is 10.6. The maximum atomic E-state index is 12.8. The van der Waals surface area contributed by atoms with Crippen LogP contribution in [0.2, 0.25) is 0 Å². The Bertz CT molecular complexity index is 502. The summed E-state index contributed by atoms with van der Waals surface area (Å²) in [5.41, 5.74) is 0.534. The molecule has 0 saturated heterocycles. The van der Waals surface area contributed by atoms with E-state index in [0.717, 1.165) is 0 Å². The van der Waals surface area contributed by atoms with Gasteiger partial charge in [-0.2, -0.15) is 0 Å². The summed E-state index contributed by atoms with van der Waals surface area (Å²) in [7, 11) is 1.83. The topological polar surface area (TPSA) is 70.2 Å². The van der Waals surface area contributed by atoms with Gasteiger partial charge < -0.3 is 16.0 Å². The second kappa shape index (κ2) is 11.3. The number of nitrogens with one attached hydrogen (secondary N) is 3. The van der Waals surface area contributed by atoms with E-state index in [9.17, 15) is 14.0 Å². The van der Waals surface area contributed by atoms with Gasteiger partial charge in [0.05, 0.1) is 11.0 Å². The molecule has 3 N–H and O–H groups in total. The molecule has 2 amide bonds. The zero-order valence-corrected chi connectivity index (χ0v) is 15.0. The molecule has 8 heteroatoms. The second-order valence-corrected chi connectivity index (χ2v) is 6.27. The van der Waals surface area contributed by atoms with Gasteiger partial charge in [0.15, 0.2) is 0 Å². The number of hydrogen-bond donors (Lipinski definition) is 3. The lowest BCUT2D eigenvalue weighted by molar-refractivity contribution is -0.120. The quantitative estimate of drug-likeness (QED) is 0.661. The summed E-state index contributed by atoms with van der Waals surface area (Å²) >= 11 is 1.26. The predicted octanol–water partition coefficient (Wildman–Crippen LogP) is 2.03. The maximum absolute atomic E-state index is 12.8. The van der Waals surface area contributed by atoms with E-state index in [2.05, 4.69) is 16.0 Å². The smallest absolute Gasteiger partial charge is 0.234 e. The number of halogens is 2. The van der Waals surface area contributed by atoms with Crippen LogP contribution in [0.25, 0.3) is 0 Å². The third-order valence-corrected chi connectivity index (χ3v) is 4.18. The van der Waals surface area contributed by atoms with Gasteiger partial charge in [0.1, 0.15) is 5.82 Å². The van der Waals surface area contributed by atoms with Crippen molar-refractivity contribution in [2.24, 2.45) is 0 Å². The van der Waals surface area contributed by atoms with Gasteiger partial charge >= 0.3 is 0 Å². The molecule has 2 atom stereocenters. The van der Waals surface area contributed by atoms with Crippen LogP contribution < -0.4 is 16.0 Å². The Morgan fingerprint density at radius 1 is 1.22 bits per heavy atom. The van der Waals surface area contributed by atoms with E-state index < -0.39 is 0 Å². The van der Waals surface area contributed by atoms with Crippen LogP contribution in [0.3, 0.4) is 0 Å². The molecule has 1 rings (SSSR count). The number of amides is 2. The molecular weight excluding hydrogens is 341 g/mol. The van der Waals surface area contributed by atoms with Crippen LogP contribution in [0.4, 0.5) is 10.1 Å². The summed E-state index contributed by atoms with van der Waals surface area (Å²) in [5.74, 6) is -0.511. The van der Waals surface area contributed by atoms with Crippen LogP contribution in [0, 0.1) is 5.82 Å². The predicted molar refractivity (Wildman–Crippen MR) is 95.7 cm³/mol. The minimum Gasteiger partial charge on any atom is -0.354 e. The van der Waals surface area contributed by atoms with Crippen molar-refractivity contribution in [3.8, 4) is 0 Å². The SMILES string of the molecule is CNC(C)CNC(=O)C(C)SCC(=O)Nc1ccc(F)cc1.Cl. The monoisotopic (exact) mass is 363 g/mol. The number of carbonyl (C=O) groups excluding carboxylic acids is 2. The summed E-state index contributed by atoms with van der Waals surface area (Å²) < 4.78 is 12.8. The van der Waals surface area contributed by atoms with Gasteiger partial charge in [0.2, 0.25) is 11.8 Å². The number of benzene rings is 1. The number of anilines is 1. The van der Waals surface area contributed by atoms with Crippen LogP contribution in [0.5, 0.6) is 0 Å². The van der Waals surface area contributed by atoms with Crippen LogP contribution in [0.15, 0.2) is 24.3 Å². The van der Waals surface area contributed by atoms with Gasteiger partial charge in [-0.1, -0.05) is 0 Å². The molecule has 0 saturated carbocycles. The van der Waals surface area contributed by atoms with Crippen molar-refractivity contribution in [1.82, 2.24) is 10.6 Å². The first-order chi connectivity index (χ1) is 10.4. The van der Waals surface area contributed by atoms with E-state index in [1.165, 1.54) is 36.0 Å². The lowest BCUT2D eigenvalue weighted by atomic mass is 10.3. The minimum absolute atomic E-state index is 0. The average molecular weight is 364 g/mol. The molecule has 130 valence electrons. The molecule has 0 fully saturated rings. The number of likely N-dealkylation sites (N-methyl/N-ethyl adjacent to an activating group) is 1. The van der Waals surface area contributed by atoms with Crippen molar-refractivity contribution >= 4 is 41.7 Å². The van der Waals surface area contributed by atoms with Crippen molar-refractivity contribution in [3.63, 3.8) is 0 Å². The Balaban J connectivity index is 0.00000484. The van der Waals surface area contributed by atoms with Crippen molar-refractivity contribution in [1.29, 1.82) is 0 Å². The first kappa shape index (κ1) is 21.7. The highest BCUT2D eigenvalue weighted by Gasteiger charge is 2.15. The van der Waals surface area contributed by atoms with E-state index >= 15 is 0 Å². The Morgan fingerprint density at radius 2 is 1.83 bits per heavy atom. The molecule has 0 bridgehead atoms. The highest BCUT2D eigenvalue weighted by Crippen LogP contribution is 2.13. The van der Waals surface area contributed by atoms with E-state index in [1.54, 1.807) is 6.92 Å². The lowest BCUT2D eigenvalue weighted by Crippen LogP contribution is -2.40. The van der Waals surface area contributed by atoms with E-state index in [4.69, 9.17) is 0 Å². The highest BCUT2D eigenvalue weighted by atomic mass is 35.5. The fourth-order valence-electron chi connectivity index (χ4n) is 1.51. The molecule has 23 heavy (non-hydrogen) atoms. The first-order valence-corrected chi connectivity index (χ1v) is 8.09. The molecular formula is C15H23ClFN3O2S. The maximum Gasteiger partial charge on any atom is 0.234 e. The molecule has 0 aliphatic carbocycles. The molecule has 0 heterocycles. The standard InChI is InChI=1S/C15H22FN3O2S.ClH/c1-10(17-3)8-18-15(21)11(2)22-9-14(20)19-13-6-4-12(16)5-7-13;/h4-7,10-11,17H,8-9H2,1-3H3,(H,18,21)(H,19,20);1H. The molecule has 0 aromatic heterocycles.